The second-order valence-electron chi connectivity index (χ2n) is 9.70. The molecule has 5 rings (SSSR count). The molecule has 3 aromatic rings. The summed E-state index contributed by atoms with van der Waals surface area (Å²) in [6.45, 7) is 6.20. The molecule has 1 saturated heterocycles. The molecule has 1 aromatic heterocycles. The zero-order valence-electron chi connectivity index (χ0n) is 22.8. The van der Waals surface area contributed by atoms with Crippen molar-refractivity contribution in [3.8, 4) is 17.2 Å². The summed E-state index contributed by atoms with van der Waals surface area (Å²) in [5, 5.41) is 3.42. The lowest BCUT2D eigenvalue weighted by atomic mass is 9.95. The highest BCUT2D eigenvalue weighted by atomic mass is 35.5. The van der Waals surface area contributed by atoms with Crippen molar-refractivity contribution >= 4 is 46.3 Å². The lowest BCUT2D eigenvalue weighted by molar-refractivity contribution is -0.122. The van der Waals surface area contributed by atoms with Gasteiger partial charge in [0.25, 0.3) is 11.8 Å². The fraction of sp³-hybridized carbons (Fsp3) is 0.379. The van der Waals surface area contributed by atoms with Crippen LogP contribution in [0.25, 0.3) is 22.0 Å². The predicted molar refractivity (Wildman–Crippen MR) is 154 cm³/mol. The number of aryl methyl sites for hydroxylation is 1. The SMILES string of the molecule is COc1cc(C2=C(c3cn(CCCN4CCN(C)CC4)c4ccccc34)C(=O)NC2=O)cc(OC)c1OC.Cl. The Balaban J connectivity index is 0.00000353. The van der Waals surface area contributed by atoms with Gasteiger partial charge in [0.1, 0.15) is 0 Å². The van der Waals surface area contributed by atoms with Crippen LogP contribution in [0.5, 0.6) is 17.2 Å². The number of imide groups is 1. The smallest absolute Gasteiger partial charge is 0.259 e. The number of carbonyl (C=O) groups is 2. The van der Waals surface area contributed by atoms with Crippen LogP contribution in [0.15, 0.2) is 42.6 Å². The highest BCUT2D eigenvalue weighted by Gasteiger charge is 2.35. The number of carbonyl (C=O) groups excluding carboxylic acids is 2. The molecule has 0 spiro atoms. The van der Waals surface area contributed by atoms with E-state index in [1.807, 2.05) is 24.4 Å². The predicted octanol–water partition coefficient (Wildman–Crippen LogP) is 3.29. The number of likely N-dealkylation sites (N-methyl/N-ethyl adjacent to an activating group) is 1. The molecule has 0 radical (unpaired) electrons. The first-order chi connectivity index (χ1) is 18.4. The van der Waals surface area contributed by atoms with Gasteiger partial charge in [-0.3, -0.25) is 14.9 Å². The van der Waals surface area contributed by atoms with Gasteiger partial charge < -0.3 is 28.6 Å². The topological polar surface area (TPSA) is 85.3 Å². The Morgan fingerprint density at radius 3 is 2.13 bits per heavy atom. The number of ether oxygens (including phenoxy) is 3. The first-order valence-corrected chi connectivity index (χ1v) is 12.8. The fourth-order valence-electron chi connectivity index (χ4n) is 5.38. The number of amides is 2. The normalized spacial score (nSPS) is 16.4. The average molecular weight is 555 g/mol. The number of methoxy groups -OCH3 is 3. The van der Waals surface area contributed by atoms with E-state index in [1.165, 1.54) is 21.3 Å². The van der Waals surface area contributed by atoms with Crippen LogP contribution >= 0.6 is 12.4 Å². The van der Waals surface area contributed by atoms with Crippen molar-refractivity contribution in [3.05, 3.63) is 53.7 Å². The number of piperazine rings is 1. The van der Waals surface area contributed by atoms with Crippen LogP contribution in [0.3, 0.4) is 0 Å². The molecule has 39 heavy (non-hydrogen) atoms. The van der Waals surface area contributed by atoms with E-state index in [9.17, 15) is 9.59 Å². The summed E-state index contributed by atoms with van der Waals surface area (Å²) >= 11 is 0. The van der Waals surface area contributed by atoms with Crippen LogP contribution in [-0.4, -0.2) is 87.3 Å². The molecule has 2 amide bonds. The molecule has 3 heterocycles. The van der Waals surface area contributed by atoms with Crippen molar-refractivity contribution in [2.45, 2.75) is 13.0 Å². The molecular weight excluding hydrogens is 520 g/mol. The van der Waals surface area contributed by atoms with Gasteiger partial charge in [0.15, 0.2) is 11.5 Å². The van der Waals surface area contributed by atoms with E-state index >= 15 is 0 Å². The number of nitrogens with zero attached hydrogens (tertiary/aromatic N) is 3. The Labute approximate surface area is 234 Å². The number of fused-ring (bicyclic) bond motifs is 1. The molecule has 0 atom stereocenters. The minimum Gasteiger partial charge on any atom is -0.493 e. The molecule has 0 saturated carbocycles. The Hall–Kier alpha value is -3.53. The maximum absolute atomic E-state index is 13.2. The van der Waals surface area contributed by atoms with Gasteiger partial charge in [0, 0.05) is 55.4 Å². The second-order valence-corrected chi connectivity index (χ2v) is 9.70. The minimum atomic E-state index is -0.453. The van der Waals surface area contributed by atoms with Gasteiger partial charge in [0.2, 0.25) is 5.75 Å². The molecule has 0 aliphatic carbocycles. The molecule has 1 N–H and O–H groups in total. The monoisotopic (exact) mass is 554 g/mol. The Morgan fingerprint density at radius 2 is 1.49 bits per heavy atom. The maximum atomic E-state index is 13.2. The van der Waals surface area contributed by atoms with Crippen LogP contribution in [0, 0.1) is 0 Å². The molecule has 2 aliphatic rings. The summed E-state index contributed by atoms with van der Waals surface area (Å²) < 4.78 is 18.6. The van der Waals surface area contributed by atoms with Crippen LogP contribution < -0.4 is 19.5 Å². The number of nitrogens with one attached hydrogen (secondary N) is 1. The number of halogens is 1. The third-order valence-electron chi connectivity index (χ3n) is 7.41. The Kier molecular flexibility index (Phi) is 8.84. The molecule has 9 nitrogen and oxygen atoms in total. The number of hydrogen-bond donors (Lipinski definition) is 1. The largest absolute Gasteiger partial charge is 0.493 e. The number of hydrogen-bond acceptors (Lipinski definition) is 7. The third-order valence-corrected chi connectivity index (χ3v) is 7.41. The van der Waals surface area contributed by atoms with Gasteiger partial charge in [-0.05, 0) is 43.8 Å². The number of aromatic nitrogens is 1. The second kappa shape index (κ2) is 12.1. The Morgan fingerprint density at radius 1 is 0.846 bits per heavy atom. The molecule has 2 aromatic carbocycles. The highest BCUT2D eigenvalue weighted by Crippen LogP contribution is 2.43. The van der Waals surface area contributed by atoms with Crippen molar-refractivity contribution in [2.75, 3.05) is 61.1 Å². The van der Waals surface area contributed by atoms with Gasteiger partial charge in [-0.1, -0.05) is 18.2 Å². The molecule has 10 heteroatoms. The zero-order valence-corrected chi connectivity index (χ0v) is 23.6. The molecule has 208 valence electrons. The fourth-order valence-corrected chi connectivity index (χ4v) is 5.38. The minimum absolute atomic E-state index is 0. The summed E-state index contributed by atoms with van der Waals surface area (Å²) in [7, 11) is 6.73. The van der Waals surface area contributed by atoms with Gasteiger partial charge in [-0.25, -0.2) is 0 Å². The van der Waals surface area contributed by atoms with E-state index in [-0.39, 0.29) is 18.0 Å². The first kappa shape index (κ1) is 28.5. The van der Waals surface area contributed by atoms with Crippen molar-refractivity contribution in [2.24, 2.45) is 0 Å². The summed E-state index contributed by atoms with van der Waals surface area (Å²) in [5.74, 6) is 0.368. The number of rotatable bonds is 9. The summed E-state index contributed by atoms with van der Waals surface area (Å²) in [6.07, 6.45) is 2.99. The van der Waals surface area contributed by atoms with Crippen molar-refractivity contribution in [3.63, 3.8) is 0 Å². The van der Waals surface area contributed by atoms with Crippen molar-refractivity contribution in [1.29, 1.82) is 0 Å². The van der Waals surface area contributed by atoms with Gasteiger partial charge in [0.05, 0.1) is 32.5 Å². The Bertz CT molecular complexity index is 1380. The van der Waals surface area contributed by atoms with Crippen LogP contribution in [0.1, 0.15) is 17.5 Å². The number of benzene rings is 2. The first-order valence-electron chi connectivity index (χ1n) is 12.8. The molecule has 2 aliphatic heterocycles. The zero-order chi connectivity index (χ0) is 26.8. The average Bonchev–Trinajstić information content (AvgIpc) is 3.44. The van der Waals surface area contributed by atoms with E-state index in [2.05, 4.69) is 32.8 Å². The van der Waals surface area contributed by atoms with E-state index in [0.717, 1.165) is 62.2 Å². The van der Waals surface area contributed by atoms with Crippen LogP contribution in [0.2, 0.25) is 0 Å². The van der Waals surface area contributed by atoms with E-state index in [1.54, 1.807) is 12.1 Å². The quantitative estimate of drug-likeness (QED) is 0.406. The molecule has 0 bridgehead atoms. The van der Waals surface area contributed by atoms with Gasteiger partial charge in [-0.15, -0.1) is 12.4 Å². The van der Waals surface area contributed by atoms with Crippen LogP contribution in [-0.2, 0) is 16.1 Å². The maximum Gasteiger partial charge on any atom is 0.259 e. The lowest BCUT2D eigenvalue weighted by Gasteiger charge is -2.32. The van der Waals surface area contributed by atoms with Crippen molar-refractivity contribution < 1.29 is 23.8 Å². The van der Waals surface area contributed by atoms with E-state index in [4.69, 9.17) is 14.2 Å². The highest BCUT2D eigenvalue weighted by molar-refractivity contribution is 6.50. The van der Waals surface area contributed by atoms with Gasteiger partial charge in [-0.2, -0.15) is 0 Å². The molecule has 0 unspecified atom stereocenters. The molecular formula is C29H35ClN4O5. The van der Waals surface area contributed by atoms with Crippen molar-refractivity contribution in [1.82, 2.24) is 19.7 Å². The summed E-state index contributed by atoms with van der Waals surface area (Å²) in [4.78, 5) is 31.2. The third kappa shape index (κ3) is 5.48. The van der Waals surface area contributed by atoms with E-state index in [0.29, 0.717) is 28.4 Å². The summed E-state index contributed by atoms with van der Waals surface area (Å²) in [5.41, 5.74) is 2.91. The standard InChI is InChI=1S/C29H34N4O5.ClH/c1-31-12-14-32(15-13-31)10-7-11-33-18-21(20-8-5-6-9-22(20)33)26-25(28(34)30-29(26)35)19-16-23(36-2)27(38-4)24(17-19)37-3;/h5-6,8-9,16-18H,7,10-15H2,1-4H3,(H,30,34,35);1H. The van der Waals surface area contributed by atoms with Crippen LogP contribution in [0.4, 0.5) is 0 Å². The summed E-state index contributed by atoms with van der Waals surface area (Å²) in [6, 6.07) is 11.4. The molecule has 1 fully saturated rings. The number of para-hydroxylation sites is 1. The lowest BCUT2D eigenvalue weighted by Crippen LogP contribution is -2.44. The van der Waals surface area contributed by atoms with E-state index < -0.39 is 11.8 Å². The van der Waals surface area contributed by atoms with Gasteiger partial charge >= 0.3 is 0 Å².